The van der Waals surface area contributed by atoms with Crippen molar-refractivity contribution in [1.82, 2.24) is 9.78 Å². The molecule has 5 nitrogen and oxygen atoms in total. The van der Waals surface area contributed by atoms with E-state index in [4.69, 9.17) is 23.2 Å². The molecule has 0 spiro atoms. The fraction of sp³-hybridized carbons (Fsp3) is 0.0556. The Bertz CT molecular complexity index is 1070. The number of aryl methyl sites for hydroxylation is 1. The SMILES string of the molecule is Cc1cc(=O)c(C(=O)Nc2cccc(Cl)c2Cl)nn1-c1ccccc1F. The van der Waals surface area contributed by atoms with E-state index in [1.807, 2.05) is 0 Å². The van der Waals surface area contributed by atoms with Crippen molar-refractivity contribution >= 4 is 34.8 Å². The second-order valence-electron chi connectivity index (χ2n) is 5.42. The summed E-state index contributed by atoms with van der Waals surface area (Å²) in [6.45, 7) is 1.59. The number of carbonyl (C=O) groups is 1. The van der Waals surface area contributed by atoms with E-state index in [0.29, 0.717) is 5.69 Å². The lowest BCUT2D eigenvalue weighted by atomic mass is 10.2. The number of nitrogens with zero attached hydrogens (tertiary/aromatic N) is 2. The molecule has 0 saturated carbocycles. The highest BCUT2D eigenvalue weighted by Gasteiger charge is 2.18. The first-order chi connectivity index (χ1) is 12.4. The van der Waals surface area contributed by atoms with Crippen LogP contribution >= 0.6 is 23.2 Å². The van der Waals surface area contributed by atoms with Gasteiger partial charge in [0.15, 0.2) is 5.69 Å². The molecule has 8 heteroatoms. The normalized spacial score (nSPS) is 10.6. The predicted octanol–water partition coefficient (Wildman–Crippen LogP) is 4.24. The minimum atomic E-state index is -0.774. The Morgan fingerprint density at radius 3 is 2.62 bits per heavy atom. The van der Waals surface area contributed by atoms with E-state index in [9.17, 15) is 14.0 Å². The van der Waals surface area contributed by atoms with Gasteiger partial charge >= 0.3 is 0 Å². The van der Waals surface area contributed by atoms with Gasteiger partial charge < -0.3 is 5.32 Å². The summed E-state index contributed by atoms with van der Waals surface area (Å²) in [6.07, 6.45) is 0. The number of hydrogen-bond donors (Lipinski definition) is 1. The molecule has 1 amide bonds. The zero-order chi connectivity index (χ0) is 18.8. The first kappa shape index (κ1) is 18.1. The molecule has 1 heterocycles. The average Bonchev–Trinajstić information content (AvgIpc) is 2.60. The molecule has 0 unspecified atom stereocenters. The van der Waals surface area contributed by atoms with Gasteiger partial charge in [-0.2, -0.15) is 5.10 Å². The highest BCUT2D eigenvalue weighted by molar-refractivity contribution is 6.44. The van der Waals surface area contributed by atoms with E-state index in [-0.39, 0.29) is 21.4 Å². The smallest absolute Gasteiger partial charge is 0.280 e. The first-order valence-electron chi connectivity index (χ1n) is 7.49. The lowest BCUT2D eigenvalue weighted by Gasteiger charge is -2.12. The largest absolute Gasteiger partial charge is 0.319 e. The van der Waals surface area contributed by atoms with Crippen molar-refractivity contribution in [2.75, 3.05) is 5.32 Å². The number of amides is 1. The number of benzene rings is 2. The van der Waals surface area contributed by atoms with Crippen LogP contribution in [0.3, 0.4) is 0 Å². The molecule has 0 aliphatic heterocycles. The van der Waals surface area contributed by atoms with Gasteiger partial charge in [-0.1, -0.05) is 41.4 Å². The highest BCUT2D eigenvalue weighted by Crippen LogP contribution is 2.29. The monoisotopic (exact) mass is 391 g/mol. The molecule has 0 bridgehead atoms. The molecule has 2 aromatic carbocycles. The van der Waals surface area contributed by atoms with E-state index in [0.717, 1.165) is 0 Å². The van der Waals surface area contributed by atoms with Crippen molar-refractivity contribution < 1.29 is 9.18 Å². The van der Waals surface area contributed by atoms with E-state index in [1.54, 1.807) is 25.1 Å². The minimum Gasteiger partial charge on any atom is -0.319 e. The molecule has 0 fully saturated rings. The maximum atomic E-state index is 14.1. The van der Waals surface area contributed by atoms with Gasteiger partial charge in [0.1, 0.15) is 11.5 Å². The third-order valence-electron chi connectivity index (χ3n) is 3.60. The highest BCUT2D eigenvalue weighted by atomic mass is 35.5. The number of rotatable bonds is 3. The van der Waals surface area contributed by atoms with Gasteiger partial charge in [0.05, 0.1) is 15.7 Å². The Labute approximate surface area is 158 Å². The maximum Gasteiger partial charge on any atom is 0.280 e. The zero-order valence-electron chi connectivity index (χ0n) is 13.5. The van der Waals surface area contributed by atoms with Gasteiger partial charge in [-0.25, -0.2) is 9.07 Å². The summed E-state index contributed by atoms with van der Waals surface area (Å²) in [7, 11) is 0. The summed E-state index contributed by atoms with van der Waals surface area (Å²) >= 11 is 11.9. The van der Waals surface area contributed by atoms with Gasteiger partial charge in [0.2, 0.25) is 5.43 Å². The fourth-order valence-corrected chi connectivity index (χ4v) is 2.70. The number of aromatic nitrogens is 2. The number of anilines is 1. The molecule has 0 radical (unpaired) electrons. The van der Waals surface area contributed by atoms with E-state index in [1.165, 1.54) is 35.0 Å². The Morgan fingerprint density at radius 1 is 1.15 bits per heavy atom. The van der Waals surface area contributed by atoms with Crippen LogP contribution in [0.2, 0.25) is 10.0 Å². The van der Waals surface area contributed by atoms with Crippen molar-refractivity contribution in [2.45, 2.75) is 6.92 Å². The second kappa shape index (κ2) is 7.27. The molecule has 1 aromatic heterocycles. The van der Waals surface area contributed by atoms with Gasteiger partial charge in [-0.15, -0.1) is 0 Å². The van der Waals surface area contributed by atoms with Gasteiger partial charge in [-0.05, 0) is 31.2 Å². The quantitative estimate of drug-likeness (QED) is 0.725. The number of carbonyl (C=O) groups excluding carboxylic acids is 1. The van der Waals surface area contributed by atoms with Crippen LogP contribution in [0.15, 0.2) is 53.3 Å². The van der Waals surface area contributed by atoms with Crippen LogP contribution in [-0.2, 0) is 0 Å². The van der Waals surface area contributed by atoms with Crippen LogP contribution in [0, 0.1) is 12.7 Å². The van der Waals surface area contributed by atoms with Gasteiger partial charge in [0.25, 0.3) is 5.91 Å². The number of para-hydroxylation sites is 1. The Kier molecular flexibility index (Phi) is 5.06. The molecule has 1 N–H and O–H groups in total. The second-order valence-corrected chi connectivity index (χ2v) is 6.20. The Hall–Kier alpha value is -2.70. The lowest BCUT2D eigenvalue weighted by Crippen LogP contribution is -2.27. The van der Waals surface area contributed by atoms with E-state index >= 15 is 0 Å². The average molecular weight is 392 g/mol. The van der Waals surface area contributed by atoms with Crippen LogP contribution in [0.1, 0.15) is 16.2 Å². The van der Waals surface area contributed by atoms with Crippen molar-refractivity contribution in [3.8, 4) is 5.69 Å². The summed E-state index contributed by atoms with van der Waals surface area (Å²) in [4.78, 5) is 24.7. The predicted molar refractivity (Wildman–Crippen MR) is 98.9 cm³/mol. The van der Waals surface area contributed by atoms with Crippen LogP contribution in [0.25, 0.3) is 5.69 Å². The van der Waals surface area contributed by atoms with Crippen LogP contribution in [0.4, 0.5) is 10.1 Å². The molecular weight excluding hydrogens is 380 g/mol. The summed E-state index contributed by atoms with van der Waals surface area (Å²) in [5.41, 5.74) is -0.235. The Balaban J connectivity index is 2.04. The molecule has 3 aromatic rings. The molecule has 26 heavy (non-hydrogen) atoms. The summed E-state index contributed by atoms with van der Waals surface area (Å²) < 4.78 is 15.3. The van der Waals surface area contributed by atoms with Gasteiger partial charge in [-0.3, -0.25) is 9.59 Å². The lowest BCUT2D eigenvalue weighted by molar-refractivity contribution is 0.101. The Morgan fingerprint density at radius 2 is 1.88 bits per heavy atom. The molecule has 0 aliphatic carbocycles. The molecule has 3 rings (SSSR count). The van der Waals surface area contributed by atoms with Crippen LogP contribution in [0.5, 0.6) is 0 Å². The van der Waals surface area contributed by atoms with Crippen LogP contribution < -0.4 is 10.7 Å². The van der Waals surface area contributed by atoms with Crippen molar-refractivity contribution in [2.24, 2.45) is 0 Å². The van der Waals surface area contributed by atoms with E-state index in [2.05, 4.69) is 10.4 Å². The number of nitrogens with one attached hydrogen (secondary N) is 1. The van der Waals surface area contributed by atoms with Gasteiger partial charge in [0, 0.05) is 11.8 Å². The zero-order valence-corrected chi connectivity index (χ0v) is 15.0. The fourth-order valence-electron chi connectivity index (χ4n) is 2.35. The molecule has 0 aliphatic rings. The van der Waals surface area contributed by atoms with E-state index < -0.39 is 22.8 Å². The molecule has 0 saturated heterocycles. The summed E-state index contributed by atoms with van der Waals surface area (Å²) in [5.74, 6) is -1.31. The first-order valence-corrected chi connectivity index (χ1v) is 8.25. The standard InChI is InChI=1S/C18H12Cl2FN3O2/c1-10-9-15(25)17(23-24(10)14-8-3-2-6-12(14)21)18(26)22-13-7-4-5-11(19)16(13)20/h2-9H,1H3,(H,22,26). The third-order valence-corrected chi connectivity index (χ3v) is 4.42. The minimum absolute atomic E-state index is 0.125. The molecular formula is C18H12Cl2FN3O2. The maximum absolute atomic E-state index is 14.1. The van der Waals surface area contributed by atoms with Crippen molar-refractivity contribution in [3.05, 3.63) is 86.0 Å². The van der Waals surface area contributed by atoms with Crippen LogP contribution in [-0.4, -0.2) is 15.7 Å². The van der Waals surface area contributed by atoms with Crippen molar-refractivity contribution in [3.63, 3.8) is 0 Å². The topological polar surface area (TPSA) is 64.0 Å². The molecule has 0 atom stereocenters. The van der Waals surface area contributed by atoms with Crippen molar-refractivity contribution in [1.29, 1.82) is 0 Å². The summed E-state index contributed by atoms with van der Waals surface area (Å²) in [5, 5.41) is 6.92. The number of halogens is 3. The third kappa shape index (κ3) is 3.47. The molecule has 132 valence electrons. The summed E-state index contributed by atoms with van der Waals surface area (Å²) in [6, 6.07) is 11.8. The number of hydrogen-bond acceptors (Lipinski definition) is 3.